The van der Waals surface area contributed by atoms with Gasteiger partial charge in [-0.25, -0.2) is 13.8 Å². The summed E-state index contributed by atoms with van der Waals surface area (Å²) >= 11 is 8.48. The molecule has 1 amide bonds. The summed E-state index contributed by atoms with van der Waals surface area (Å²) < 4.78 is 20.9. The molecule has 5 aromatic rings. The number of nitrogens with zero attached hydrogens (tertiary/aromatic N) is 2. The van der Waals surface area contributed by atoms with Crippen molar-refractivity contribution in [1.82, 2.24) is 14.5 Å². The van der Waals surface area contributed by atoms with Crippen LogP contribution in [0.5, 0.6) is 5.75 Å². The number of benzene rings is 1. The third kappa shape index (κ3) is 3.31. The van der Waals surface area contributed by atoms with Gasteiger partial charge in [-0.1, -0.05) is 11.6 Å². The molecule has 0 atom stereocenters. The maximum absolute atomic E-state index is 14.0. The Labute approximate surface area is 203 Å². The van der Waals surface area contributed by atoms with Crippen molar-refractivity contribution >= 4 is 60.5 Å². The second-order valence-corrected chi connectivity index (χ2v) is 9.85. The van der Waals surface area contributed by atoms with Gasteiger partial charge in [-0.3, -0.25) is 14.6 Å². The number of primary amides is 1. The number of nitrogens with two attached hydrogens (primary N) is 1. The Morgan fingerprint density at radius 1 is 1.24 bits per heavy atom. The Morgan fingerprint density at radius 2 is 2.00 bits per heavy atom. The number of pyridine rings is 1. The zero-order valence-electron chi connectivity index (χ0n) is 17.6. The van der Waals surface area contributed by atoms with Crippen LogP contribution in [0.4, 0.5) is 4.39 Å². The minimum Gasteiger partial charge on any atom is -0.494 e. The van der Waals surface area contributed by atoms with Gasteiger partial charge in [0.15, 0.2) is 11.6 Å². The van der Waals surface area contributed by atoms with Crippen LogP contribution in [0.2, 0.25) is 5.02 Å². The van der Waals surface area contributed by atoms with Crippen molar-refractivity contribution in [1.29, 1.82) is 0 Å². The fourth-order valence-corrected chi connectivity index (χ4v) is 6.25. The number of nitrogens with one attached hydrogen (secondary N) is 1. The van der Waals surface area contributed by atoms with Gasteiger partial charge in [0, 0.05) is 22.0 Å². The smallest absolute Gasteiger partial charge is 0.333 e. The van der Waals surface area contributed by atoms with Gasteiger partial charge in [-0.2, -0.15) is 0 Å². The predicted molar refractivity (Wildman–Crippen MR) is 131 cm³/mol. The van der Waals surface area contributed by atoms with Crippen LogP contribution < -0.4 is 21.7 Å². The van der Waals surface area contributed by atoms with E-state index in [1.54, 1.807) is 19.2 Å². The highest BCUT2D eigenvalue weighted by Gasteiger charge is 2.21. The zero-order valence-corrected chi connectivity index (χ0v) is 20.0. The van der Waals surface area contributed by atoms with Gasteiger partial charge < -0.3 is 15.5 Å². The fourth-order valence-electron chi connectivity index (χ4n) is 3.82. The highest BCUT2D eigenvalue weighted by molar-refractivity contribution is 7.22. The number of fused-ring (bicyclic) bond motifs is 2. The number of aryl methyl sites for hydroxylation is 1. The first-order valence-electron chi connectivity index (χ1n) is 9.70. The number of methoxy groups -OCH3 is 1. The van der Waals surface area contributed by atoms with E-state index in [1.807, 2.05) is 0 Å². The van der Waals surface area contributed by atoms with E-state index in [9.17, 15) is 18.8 Å². The molecule has 0 radical (unpaired) electrons. The highest BCUT2D eigenvalue weighted by atomic mass is 35.5. The van der Waals surface area contributed by atoms with Crippen LogP contribution in [-0.2, 0) is 0 Å². The van der Waals surface area contributed by atoms with Crippen LogP contribution in [0.15, 0.2) is 40.2 Å². The van der Waals surface area contributed by atoms with Crippen molar-refractivity contribution in [3.63, 3.8) is 0 Å². The number of hydrogen-bond acceptors (Lipinski definition) is 7. The molecule has 12 heteroatoms. The first-order chi connectivity index (χ1) is 16.2. The Balaban J connectivity index is 1.77. The predicted octanol–water partition coefficient (Wildman–Crippen LogP) is 4.23. The molecule has 0 saturated heterocycles. The summed E-state index contributed by atoms with van der Waals surface area (Å²) in [4.78, 5) is 46.0. The largest absolute Gasteiger partial charge is 0.494 e. The molecule has 8 nitrogen and oxygen atoms in total. The van der Waals surface area contributed by atoms with E-state index in [0.29, 0.717) is 36.5 Å². The summed E-state index contributed by atoms with van der Waals surface area (Å²) in [5.41, 5.74) is 5.80. The Morgan fingerprint density at radius 3 is 2.71 bits per heavy atom. The minimum absolute atomic E-state index is 0.00120. The summed E-state index contributed by atoms with van der Waals surface area (Å²) in [6.07, 6.45) is 2.94. The van der Waals surface area contributed by atoms with Crippen LogP contribution >= 0.6 is 34.3 Å². The number of carbonyl (C=O) groups excluding carboxylic acids is 1. The number of ether oxygens (including phenoxy) is 1. The second-order valence-electron chi connectivity index (χ2n) is 7.34. The normalized spacial score (nSPS) is 11.4. The van der Waals surface area contributed by atoms with Gasteiger partial charge in [-0.05, 0) is 30.7 Å². The van der Waals surface area contributed by atoms with E-state index in [-0.39, 0.29) is 21.2 Å². The molecule has 4 aromatic heterocycles. The Kier molecular flexibility index (Phi) is 5.27. The molecule has 0 bridgehead atoms. The summed E-state index contributed by atoms with van der Waals surface area (Å²) in [6.45, 7) is 1.70. The van der Waals surface area contributed by atoms with Gasteiger partial charge in [0.2, 0.25) is 0 Å². The average molecular weight is 517 g/mol. The minimum atomic E-state index is -0.676. The van der Waals surface area contributed by atoms with E-state index >= 15 is 0 Å². The van der Waals surface area contributed by atoms with Crippen LogP contribution in [0, 0.1) is 12.7 Å². The van der Waals surface area contributed by atoms with Gasteiger partial charge >= 0.3 is 5.69 Å². The first kappa shape index (κ1) is 22.3. The molecule has 0 aliphatic heterocycles. The summed E-state index contributed by atoms with van der Waals surface area (Å²) in [6, 6.07) is 4.17. The van der Waals surface area contributed by atoms with E-state index in [0.717, 1.165) is 33.3 Å². The lowest BCUT2D eigenvalue weighted by Gasteiger charge is -2.07. The molecule has 0 spiro atoms. The lowest BCUT2D eigenvalue weighted by Crippen LogP contribution is -2.33. The van der Waals surface area contributed by atoms with Gasteiger partial charge in [-0.15, -0.1) is 22.7 Å². The molecule has 3 N–H and O–H groups in total. The molecule has 172 valence electrons. The number of aromatic nitrogens is 3. The molecule has 5 rings (SSSR count). The molecule has 0 saturated carbocycles. The topological polar surface area (TPSA) is 120 Å². The molecular weight excluding hydrogens is 503 g/mol. The molecule has 1 aromatic carbocycles. The first-order valence-corrected chi connectivity index (χ1v) is 11.7. The lowest BCUT2D eigenvalue weighted by molar-refractivity contribution is 0.100. The number of amides is 1. The molecule has 0 aliphatic rings. The van der Waals surface area contributed by atoms with E-state index in [2.05, 4.69) is 9.97 Å². The van der Waals surface area contributed by atoms with Crippen LogP contribution in [0.25, 0.3) is 36.4 Å². The number of thiophene rings is 2. The van der Waals surface area contributed by atoms with Crippen LogP contribution in [0.1, 0.15) is 15.2 Å². The van der Waals surface area contributed by atoms with E-state index in [4.69, 9.17) is 22.1 Å². The third-order valence-corrected chi connectivity index (χ3v) is 8.07. The molecule has 34 heavy (non-hydrogen) atoms. The van der Waals surface area contributed by atoms with Crippen LogP contribution in [0.3, 0.4) is 0 Å². The van der Waals surface area contributed by atoms with Crippen LogP contribution in [-0.4, -0.2) is 27.6 Å². The molecular formula is C22H14ClFN4O4S2. The Hall–Kier alpha value is -3.54. The third-order valence-electron chi connectivity index (χ3n) is 5.36. The van der Waals surface area contributed by atoms with E-state index in [1.165, 1.54) is 19.4 Å². The lowest BCUT2D eigenvalue weighted by atomic mass is 10.1. The highest BCUT2D eigenvalue weighted by Crippen LogP contribution is 2.39. The molecule has 0 aliphatic carbocycles. The SMILES string of the molecule is COc1cc(-c2cc3[nH]c(=O)n(-c4cncc5sc(C(N)=O)c(C)c45)c(=O)c3s2)c(Cl)cc1F. The number of H-pyrrole nitrogens is 1. The van der Waals surface area contributed by atoms with Crippen molar-refractivity contribution < 1.29 is 13.9 Å². The van der Waals surface area contributed by atoms with Crippen molar-refractivity contribution in [3.8, 4) is 21.9 Å². The monoisotopic (exact) mass is 516 g/mol. The summed E-state index contributed by atoms with van der Waals surface area (Å²) in [5, 5.41) is 0.679. The van der Waals surface area contributed by atoms with Crippen molar-refractivity contribution in [2.24, 2.45) is 5.73 Å². The fraction of sp³-hybridized carbons (Fsp3) is 0.0909. The number of hydrogen-bond donors (Lipinski definition) is 2. The number of halogens is 2. The van der Waals surface area contributed by atoms with Crippen molar-refractivity contribution in [2.45, 2.75) is 6.92 Å². The summed E-state index contributed by atoms with van der Waals surface area (Å²) in [7, 11) is 1.34. The zero-order chi connectivity index (χ0) is 24.3. The molecule has 0 fully saturated rings. The number of aromatic amines is 1. The summed E-state index contributed by atoms with van der Waals surface area (Å²) in [5.74, 6) is -1.22. The van der Waals surface area contributed by atoms with Crippen molar-refractivity contribution in [3.05, 3.63) is 72.7 Å². The maximum Gasteiger partial charge on any atom is 0.333 e. The van der Waals surface area contributed by atoms with Gasteiger partial charge in [0.1, 0.15) is 4.70 Å². The number of rotatable bonds is 4. The maximum atomic E-state index is 14.0. The molecule has 0 unspecified atom stereocenters. The second kappa shape index (κ2) is 8.05. The molecule has 4 heterocycles. The standard InChI is InChI=1S/C22H14ClFN4O4S2/c1-8-17-13(6-26-7-16(17)34-18(8)20(25)29)28-21(30)19-12(27-22(28)31)5-15(33-19)9-3-14(32-2)11(24)4-10(9)23/h3-7H,1-2H3,(H2,25,29)(H,27,31). The Bertz CT molecular complexity index is 1770. The van der Waals surface area contributed by atoms with E-state index < -0.39 is 23.0 Å². The van der Waals surface area contributed by atoms with Crippen molar-refractivity contribution in [2.75, 3.05) is 7.11 Å². The average Bonchev–Trinajstić information content (AvgIpc) is 3.36. The van der Waals surface area contributed by atoms with Gasteiger partial charge in [0.25, 0.3) is 11.5 Å². The quantitative estimate of drug-likeness (QED) is 0.370. The van der Waals surface area contributed by atoms with Gasteiger partial charge in [0.05, 0.1) is 39.1 Å². The number of carbonyl (C=O) groups is 1.